The second-order valence-electron chi connectivity index (χ2n) is 5.14. The maximum Gasteiger partial charge on any atom is 0.257 e. The molecule has 1 atom stereocenters. The smallest absolute Gasteiger partial charge is 0.257 e. The highest BCUT2D eigenvalue weighted by Crippen LogP contribution is 2.41. The molecule has 92 valence electrons. The molecular formula is C13H17NO3. The highest BCUT2D eigenvalue weighted by molar-refractivity contribution is 6.00. The third kappa shape index (κ3) is 1.69. The first-order valence-corrected chi connectivity index (χ1v) is 5.56. The number of rotatable bonds is 1. The molecule has 2 rings (SSSR count). The van der Waals surface area contributed by atoms with E-state index in [1.807, 2.05) is 20.8 Å². The van der Waals surface area contributed by atoms with Gasteiger partial charge in [0.1, 0.15) is 5.75 Å². The van der Waals surface area contributed by atoms with E-state index in [1.165, 1.54) is 12.0 Å². The lowest BCUT2D eigenvalue weighted by Gasteiger charge is -2.34. The van der Waals surface area contributed by atoms with Gasteiger partial charge in [-0.05, 0) is 32.9 Å². The lowest BCUT2D eigenvalue weighted by molar-refractivity contribution is -0.0236. The minimum Gasteiger partial charge on any atom is -0.496 e. The van der Waals surface area contributed by atoms with Gasteiger partial charge in [0.25, 0.3) is 5.91 Å². The largest absolute Gasteiger partial charge is 0.496 e. The van der Waals surface area contributed by atoms with Crippen molar-refractivity contribution >= 4 is 5.91 Å². The topological polar surface area (TPSA) is 49.8 Å². The molecule has 4 heteroatoms. The van der Waals surface area contributed by atoms with Gasteiger partial charge in [-0.1, -0.05) is 6.07 Å². The van der Waals surface area contributed by atoms with Crippen molar-refractivity contribution in [1.29, 1.82) is 0 Å². The molecular weight excluding hydrogens is 218 g/mol. The van der Waals surface area contributed by atoms with E-state index in [9.17, 15) is 9.90 Å². The summed E-state index contributed by atoms with van der Waals surface area (Å²) < 4.78 is 5.20. The summed E-state index contributed by atoms with van der Waals surface area (Å²) in [4.78, 5) is 13.7. The van der Waals surface area contributed by atoms with Crippen LogP contribution in [-0.2, 0) is 0 Å². The molecule has 0 saturated carbocycles. The van der Waals surface area contributed by atoms with E-state index in [0.29, 0.717) is 16.9 Å². The number of aliphatic hydroxyl groups is 1. The molecule has 1 aromatic carbocycles. The van der Waals surface area contributed by atoms with Gasteiger partial charge in [0, 0.05) is 5.54 Å². The molecule has 1 amide bonds. The van der Waals surface area contributed by atoms with Gasteiger partial charge in [0.2, 0.25) is 0 Å². The highest BCUT2D eigenvalue weighted by Gasteiger charge is 2.43. The molecule has 0 aliphatic carbocycles. The van der Waals surface area contributed by atoms with Gasteiger partial charge in [-0.2, -0.15) is 0 Å². The predicted octanol–water partition coefficient (Wildman–Crippen LogP) is 1.94. The highest BCUT2D eigenvalue weighted by atomic mass is 16.5. The molecule has 1 aromatic rings. The number of amides is 1. The maximum atomic E-state index is 12.2. The van der Waals surface area contributed by atoms with Crippen LogP contribution in [0.15, 0.2) is 18.2 Å². The van der Waals surface area contributed by atoms with E-state index in [0.717, 1.165) is 0 Å². The van der Waals surface area contributed by atoms with Crippen molar-refractivity contribution in [2.24, 2.45) is 0 Å². The fourth-order valence-corrected chi connectivity index (χ4v) is 2.22. The van der Waals surface area contributed by atoms with Crippen LogP contribution in [0.5, 0.6) is 5.75 Å². The molecule has 1 N–H and O–H groups in total. The molecule has 1 aliphatic rings. The Balaban J connectivity index is 2.57. The number of methoxy groups -OCH3 is 1. The zero-order valence-corrected chi connectivity index (χ0v) is 10.5. The van der Waals surface area contributed by atoms with Crippen molar-refractivity contribution in [3.8, 4) is 5.75 Å². The van der Waals surface area contributed by atoms with Gasteiger partial charge in [0.15, 0.2) is 6.23 Å². The summed E-state index contributed by atoms with van der Waals surface area (Å²) in [5.41, 5.74) is 0.655. The number of nitrogens with zero attached hydrogens (tertiary/aromatic N) is 1. The molecule has 0 bridgehead atoms. The van der Waals surface area contributed by atoms with Gasteiger partial charge in [-0.3, -0.25) is 4.79 Å². The van der Waals surface area contributed by atoms with Crippen molar-refractivity contribution in [2.45, 2.75) is 32.5 Å². The first-order valence-electron chi connectivity index (χ1n) is 5.56. The monoisotopic (exact) mass is 235 g/mol. The molecule has 0 radical (unpaired) electrons. The average molecular weight is 235 g/mol. The van der Waals surface area contributed by atoms with Gasteiger partial charge in [-0.25, -0.2) is 0 Å². The summed E-state index contributed by atoms with van der Waals surface area (Å²) in [5.74, 6) is 0.397. The Labute approximate surface area is 101 Å². The van der Waals surface area contributed by atoms with E-state index in [4.69, 9.17) is 4.74 Å². The zero-order chi connectivity index (χ0) is 12.8. The Morgan fingerprint density at radius 3 is 2.53 bits per heavy atom. The molecule has 17 heavy (non-hydrogen) atoms. The average Bonchev–Trinajstić information content (AvgIpc) is 2.51. The molecule has 1 aliphatic heterocycles. The molecule has 0 fully saturated rings. The molecule has 0 aromatic heterocycles. The summed E-state index contributed by atoms with van der Waals surface area (Å²) in [6.07, 6.45) is -0.936. The summed E-state index contributed by atoms with van der Waals surface area (Å²) in [5, 5.41) is 10.3. The van der Waals surface area contributed by atoms with E-state index < -0.39 is 11.8 Å². The van der Waals surface area contributed by atoms with Crippen LogP contribution in [0.1, 0.15) is 42.9 Å². The third-order valence-electron chi connectivity index (χ3n) is 2.96. The molecule has 1 heterocycles. The second kappa shape index (κ2) is 3.74. The van der Waals surface area contributed by atoms with Crippen LogP contribution in [0.3, 0.4) is 0 Å². The van der Waals surface area contributed by atoms with Gasteiger partial charge in [-0.15, -0.1) is 0 Å². The Morgan fingerprint density at radius 2 is 2.00 bits per heavy atom. The summed E-state index contributed by atoms with van der Waals surface area (Å²) in [6, 6.07) is 5.23. The fraction of sp³-hybridized carbons (Fsp3) is 0.462. The predicted molar refractivity (Wildman–Crippen MR) is 63.9 cm³/mol. The molecule has 4 nitrogen and oxygen atoms in total. The van der Waals surface area contributed by atoms with Crippen LogP contribution < -0.4 is 4.74 Å². The van der Waals surface area contributed by atoms with Crippen molar-refractivity contribution in [3.05, 3.63) is 29.3 Å². The Kier molecular flexibility index (Phi) is 2.62. The van der Waals surface area contributed by atoms with Gasteiger partial charge in [0.05, 0.1) is 18.2 Å². The Hall–Kier alpha value is -1.55. The van der Waals surface area contributed by atoms with Crippen molar-refractivity contribution in [1.82, 2.24) is 4.90 Å². The lowest BCUT2D eigenvalue weighted by Crippen LogP contribution is -2.43. The number of hydrogen-bond acceptors (Lipinski definition) is 3. The SMILES string of the molecule is COc1cccc2c1[C@@H](O)N(C(C)(C)C)C2=O. The quantitative estimate of drug-likeness (QED) is 0.809. The number of hydrogen-bond donors (Lipinski definition) is 1. The zero-order valence-electron chi connectivity index (χ0n) is 10.5. The van der Waals surface area contributed by atoms with E-state index in [2.05, 4.69) is 0 Å². The molecule has 0 unspecified atom stereocenters. The van der Waals surface area contributed by atoms with Crippen molar-refractivity contribution < 1.29 is 14.6 Å². The molecule has 0 saturated heterocycles. The van der Waals surface area contributed by atoms with Crippen molar-refractivity contribution in [3.63, 3.8) is 0 Å². The van der Waals surface area contributed by atoms with Crippen LogP contribution in [0, 0.1) is 0 Å². The van der Waals surface area contributed by atoms with E-state index in [1.54, 1.807) is 18.2 Å². The molecule has 0 spiro atoms. The standard InChI is InChI=1S/C13H17NO3/c1-13(2,3)14-11(15)8-6-5-7-9(17-4)10(8)12(14)16/h5-7,12,16H,1-4H3/t12-/m1/s1. The normalized spacial score (nSPS) is 19.5. The first kappa shape index (κ1) is 11.9. The van der Waals surface area contributed by atoms with Gasteiger partial charge >= 0.3 is 0 Å². The summed E-state index contributed by atoms with van der Waals surface area (Å²) >= 11 is 0. The van der Waals surface area contributed by atoms with Gasteiger partial charge < -0.3 is 14.7 Å². The fourth-order valence-electron chi connectivity index (χ4n) is 2.22. The summed E-state index contributed by atoms with van der Waals surface area (Å²) in [7, 11) is 1.53. The van der Waals surface area contributed by atoms with Crippen LogP contribution in [0.25, 0.3) is 0 Å². The van der Waals surface area contributed by atoms with Crippen LogP contribution in [0.2, 0.25) is 0 Å². The number of benzene rings is 1. The maximum absolute atomic E-state index is 12.2. The Morgan fingerprint density at radius 1 is 1.35 bits per heavy atom. The van der Waals surface area contributed by atoms with Crippen molar-refractivity contribution in [2.75, 3.05) is 7.11 Å². The number of carbonyl (C=O) groups is 1. The van der Waals surface area contributed by atoms with Crippen LogP contribution in [-0.4, -0.2) is 28.6 Å². The second-order valence-corrected chi connectivity index (χ2v) is 5.14. The first-order chi connectivity index (χ1) is 7.88. The van der Waals surface area contributed by atoms with E-state index in [-0.39, 0.29) is 5.91 Å². The number of fused-ring (bicyclic) bond motifs is 1. The van der Waals surface area contributed by atoms with Crippen LogP contribution >= 0.6 is 0 Å². The summed E-state index contributed by atoms with van der Waals surface area (Å²) in [6.45, 7) is 5.69. The van der Waals surface area contributed by atoms with Crippen LogP contribution in [0.4, 0.5) is 0 Å². The minimum atomic E-state index is -0.936. The number of ether oxygens (including phenoxy) is 1. The van der Waals surface area contributed by atoms with E-state index >= 15 is 0 Å². The minimum absolute atomic E-state index is 0.154. The third-order valence-corrected chi connectivity index (χ3v) is 2.96. The Bertz CT molecular complexity index is 462. The lowest BCUT2D eigenvalue weighted by atomic mass is 10.1. The number of carbonyl (C=O) groups excluding carboxylic acids is 1. The number of aliphatic hydroxyl groups excluding tert-OH is 1.